The van der Waals surface area contributed by atoms with Crippen LogP contribution in [0.4, 0.5) is 0 Å². The fraction of sp³-hybridized carbons (Fsp3) is 0.583. The van der Waals surface area contributed by atoms with E-state index in [0.717, 1.165) is 62.8 Å². The number of likely N-dealkylation sites (tertiary alicyclic amines) is 1. The first-order valence-corrected chi connectivity index (χ1v) is 11.4. The van der Waals surface area contributed by atoms with Crippen LogP contribution in [-0.2, 0) is 16.0 Å². The number of hydrogen-bond acceptors (Lipinski definition) is 5. The molecule has 4 rings (SSSR count). The Hall–Kier alpha value is -1.65. The maximum Gasteiger partial charge on any atom is 0.226 e. The molecule has 0 bridgehead atoms. The molecule has 2 aliphatic rings. The van der Waals surface area contributed by atoms with E-state index in [-0.39, 0.29) is 30.1 Å². The summed E-state index contributed by atoms with van der Waals surface area (Å²) in [7, 11) is 1.83. The van der Waals surface area contributed by atoms with Gasteiger partial charge in [-0.15, -0.1) is 24.0 Å². The summed E-state index contributed by atoms with van der Waals surface area (Å²) in [6.07, 6.45) is 7.89. The van der Waals surface area contributed by atoms with Crippen molar-refractivity contribution in [2.75, 3.05) is 33.4 Å². The highest BCUT2D eigenvalue weighted by atomic mass is 127. The molecule has 8 heteroatoms. The van der Waals surface area contributed by atoms with Gasteiger partial charge in [0.15, 0.2) is 5.96 Å². The van der Waals surface area contributed by atoms with E-state index in [1.165, 1.54) is 18.4 Å². The Balaban J connectivity index is 0.00000289. The molecule has 1 atom stereocenters. The Morgan fingerprint density at radius 2 is 1.97 bits per heavy atom. The Bertz CT molecular complexity index is 841. The van der Waals surface area contributed by atoms with E-state index in [2.05, 4.69) is 39.2 Å². The van der Waals surface area contributed by atoms with Crippen LogP contribution in [0.25, 0.3) is 11.5 Å². The summed E-state index contributed by atoms with van der Waals surface area (Å²) in [5, 5.41) is 3.42. The van der Waals surface area contributed by atoms with Gasteiger partial charge in [-0.1, -0.05) is 17.7 Å². The maximum atomic E-state index is 6.13. The lowest BCUT2D eigenvalue weighted by atomic mass is 10.1. The molecule has 0 radical (unpaired) electrons. The minimum atomic E-state index is 0. The number of aromatic nitrogens is 1. The highest BCUT2D eigenvalue weighted by molar-refractivity contribution is 14.0. The summed E-state index contributed by atoms with van der Waals surface area (Å²) >= 11 is 0. The Labute approximate surface area is 208 Å². The number of nitrogens with one attached hydrogen (secondary N) is 1. The SMILES string of the molecule is CN=C(NCc1coc(-c2ccc(C)cc2)n1)N1CCC(OCC2CCCCO2)CC1.I. The van der Waals surface area contributed by atoms with Gasteiger partial charge in [-0.2, -0.15) is 0 Å². The quantitative estimate of drug-likeness (QED) is 0.325. The molecular weight excluding hydrogens is 519 g/mol. The third-order valence-electron chi connectivity index (χ3n) is 6.02. The van der Waals surface area contributed by atoms with Crippen LogP contribution >= 0.6 is 24.0 Å². The largest absolute Gasteiger partial charge is 0.444 e. The number of oxazole rings is 1. The number of nitrogens with zero attached hydrogens (tertiary/aromatic N) is 3. The highest BCUT2D eigenvalue weighted by Gasteiger charge is 2.24. The van der Waals surface area contributed by atoms with E-state index < -0.39 is 0 Å². The number of aliphatic imine (C=N–C) groups is 1. The first-order chi connectivity index (χ1) is 15.2. The van der Waals surface area contributed by atoms with Crippen molar-refractivity contribution in [3.05, 3.63) is 41.8 Å². The molecule has 1 unspecified atom stereocenters. The van der Waals surface area contributed by atoms with Gasteiger partial charge in [0.25, 0.3) is 0 Å². The van der Waals surface area contributed by atoms with Crippen LogP contribution in [0.3, 0.4) is 0 Å². The van der Waals surface area contributed by atoms with Gasteiger partial charge in [0.05, 0.1) is 31.1 Å². The number of guanidine groups is 1. The standard InChI is InChI=1S/C24H34N4O3.HI/c1-18-6-8-19(9-7-18)23-27-20(16-31-23)15-26-24(25-2)28-12-10-21(11-13-28)30-17-22-5-3-4-14-29-22;/h6-9,16,21-22H,3-5,10-15,17H2,1-2H3,(H,25,26);1H. The lowest BCUT2D eigenvalue weighted by molar-refractivity contribution is -0.0721. The van der Waals surface area contributed by atoms with Crippen LogP contribution in [0.15, 0.2) is 39.9 Å². The number of piperidine rings is 1. The van der Waals surface area contributed by atoms with Crippen molar-refractivity contribution in [2.45, 2.75) is 57.8 Å². The topological polar surface area (TPSA) is 72.1 Å². The van der Waals surface area contributed by atoms with E-state index in [4.69, 9.17) is 13.9 Å². The third-order valence-corrected chi connectivity index (χ3v) is 6.02. The Morgan fingerprint density at radius 3 is 2.66 bits per heavy atom. The lowest BCUT2D eigenvalue weighted by Gasteiger charge is -2.35. The van der Waals surface area contributed by atoms with E-state index >= 15 is 0 Å². The average Bonchev–Trinajstić information content (AvgIpc) is 3.29. The first kappa shape index (κ1) is 25.0. The number of benzene rings is 1. The summed E-state index contributed by atoms with van der Waals surface area (Å²) < 4.78 is 17.6. The number of aryl methyl sites for hydroxylation is 1. The van der Waals surface area contributed by atoms with E-state index in [1.807, 2.05) is 19.2 Å². The van der Waals surface area contributed by atoms with Crippen LogP contribution in [0, 0.1) is 6.92 Å². The van der Waals surface area contributed by atoms with Gasteiger partial charge in [-0.3, -0.25) is 4.99 Å². The average molecular weight is 554 g/mol. The second kappa shape index (κ2) is 12.6. The van der Waals surface area contributed by atoms with Gasteiger partial charge in [-0.25, -0.2) is 4.98 Å². The molecular formula is C24H35IN4O3. The molecule has 32 heavy (non-hydrogen) atoms. The molecule has 7 nitrogen and oxygen atoms in total. The van der Waals surface area contributed by atoms with Gasteiger partial charge in [0, 0.05) is 32.3 Å². The number of hydrogen-bond donors (Lipinski definition) is 1. The van der Waals surface area contributed by atoms with Gasteiger partial charge in [0.1, 0.15) is 6.26 Å². The lowest BCUT2D eigenvalue weighted by Crippen LogP contribution is -2.47. The predicted octanol–water partition coefficient (Wildman–Crippen LogP) is 4.39. The monoisotopic (exact) mass is 554 g/mol. The second-order valence-electron chi connectivity index (χ2n) is 8.42. The van der Waals surface area contributed by atoms with E-state index in [9.17, 15) is 0 Å². The predicted molar refractivity (Wildman–Crippen MR) is 136 cm³/mol. The van der Waals surface area contributed by atoms with E-state index in [1.54, 1.807) is 6.26 Å². The smallest absolute Gasteiger partial charge is 0.226 e. The summed E-state index contributed by atoms with van der Waals surface area (Å²) in [5.74, 6) is 1.54. The van der Waals surface area contributed by atoms with Crippen LogP contribution in [-0.4, -0.2) is 61.4 Å². The van der Waals surface area contributed by atoms with Crippen molar-refractivity contribution >= 4 is 29.9 Å². The summed E-state index contributed by atoms with van der Waals surface area (Å²) in [5.41, 5.74) is 3.07. The van der Waals surface area contributed by atoms with Crippen molar-refractivity contribution in [1.82, 2.24) is 15.2 Å². The minimum absolute atomic E-state index is 0. The third kappa shape index (κ3) is 6.92. The molecule has 3 heterocycles. The summed E-state index contributed by atoms with van der Waals surface area (Å²) in [4.78, 5) is 11.4. The fourth-order valence-electron chi connectivity index (χ4n) is 4.14. The second-order valence-corrected chi connectivity index (χ2v) is 8.42. The number of halogens is 1. The van der Waals surface area contributed by atoms with Crippen LogP contribution < -0.4 is 5.32 Å². The zero-order valence-corrected chi connectivity index (χ0v) is 21.4. The molecule has 0 amide bonds. The van der Waals surface area contributed by atoms with Crippen molar-refractivity contribution in [3.63, 3.8) is 0 Å². The van der Waals surface area contributed by atoms with Crippen molar-refractivity contribution in [2.24, 2.45) is 4.99 Å². The molecule has 1 aromatic heterocycles. The van der Waals surface area contributed by atoms with Crippen molar-refractivity contribution in [3.8, 4) is 11.5 Å². The molecule has 2 aliphatic heterocycles. The van der Waals surface area contributed by atoms with Gasteiger partial charge < -0.3 is 24.1 Å². The van der Waals surface area contributed by atoms with Gasteiger partial charge in [0.2, 0.25) is 5.89 Å². The Morgan fingerprint density at radius 1 is 1.19 bits per heavy atom. The van der Waals surface area contributed by atoms with Crippen LogP contribution in [0.5, 0.6) is 0 Å². The molecule has 1 N–H and O–H groups in total. The van der Waals surface area contributed by atoms with Crippen LogP contribution in [0.2, 0.25) is 0 Å². The molecule has 1 aromatic carbocycles. The van der Waals surface area contributed by atoms with E-state index in [0.29, 0.717) is 18.5 Å². The van der Waals surface area contributed by atoms with Gasteiger partial charge >= 0.3 is 0 Å². The normalized spacial score (nSPS) is 20.1. The molecule has 176 valence electrons. The van der Waals surface area contributed by atoms with Crippen molar-refractivity contribution < 1.29 is 13.9 Å². The number of rotatable bonds is 6. The number of ether oxygens (including phenoxy) is 2. The minimum Gasteiger partial charge on any atom is -0.444 e. The summed E-state index contributed by atoms with van der Waals surface area (Å²) in [6.45, 7) is 6.13. The molecule has 2 aromatic rings. The van der Waals surface area contributed by atoms with Crippen LogP contribution in [0.1, 0.15) is 43.4 Å². The first-order valence-electron chi connectivity index (χ1n) is 11.4. The van der Waals surface area contributed by atoms with Gasteiger partial charge in [-0.05, 0) is 51.2 Å². The molecule has 0 aliphatic carbocycles. The van der Waals surface area contributed by atoms with Crippen molar-refractivity contribution in [1.29, 1.82) is 0 Å². The summed E-state index contributed by atoms with van der Waals surface area (Å²) in [6, 6.07) is 8.19. The molecule has 0 spiro atoms. The molecule has 0 saturated carbocycles. The molecule has 2 fully saturated rings. The maximum absolute atomic E-state index is 6.13. The Kier molecular flexibility index (Phi) is 9.80. The highest BCUT2D eigenvalue weighted by Crippen LogP contribution is 2.20. The zero-order valence-electron chi connectivity index (χ0n) is 19.1. The molecule has 2 saturated heterocycles. The fourth-order valence-corrected chi connectivity index (χ4v) is 4.14. The zero-order chi connectivity index (χ0) is 21.5.